The third kappa shape index (κ3) is 4.82. The quantitative estimate of drug-likeness (QED) is 0.789. The summed E-state index contributed by atoms with van der Waals surface area (Å²) < 4.78 is 24.6. The van der Waals surface area contributed by atoms with Crippen LogP contribution in [0, 0.1) is 5.82 Å². The largest absolute Gasteiger partial charge is 0.497 e. The lowest BCUT2D eigenvalue weighted by atomic mass is 10.2. The van der Waals surface area contributed by atoms with E-state index in [0.717, 1.165) is 5.56 Å². The Bertz CT molecular complexity index is 724. The monoisotopic (exact) mass is 379 g/mol. The second kappa shape index (κ2) is 7.78. The summed E-state index contributed by atoms with van der Waals surface area (Å²) in [6, 6.07) is 9.66. The van der Waals surface area contributed by atoms with Crippen LogP contribution in [0.5, 0.6) is 11.5 Å². The molecule has 0 unspecified atom stereocenters. The fourth-order valence-corrected chi connectivity index (χ4v) is 2.20. The van der Waals surface area contributed by atoms with E-state index in [-0.39, 0.29) is 5.69 Å². The lowest BCUT2D eigenvalue weighted by molar-refractivity contribution is -0.111. The molecule has 0 spiro atoms. The first kappa shape index (κ1) is 17.0. The molecule has 6 heteroatoms. The average Bonchev–Trinajstić information content (AvgIpc) is 2.55. The molecule has 0 aromatic heterocycles. The van der Waals surface area contributed by atoms with Crippen LogP contribution in [-0.4, -0.2) is 20.1 Å². The van der Waals surface area contributed by atoms with E-state index in [4.69, 9.17) is 9.47 Å². The van der Waals surface area contributed by atoms with Gasteiger partial charge in [0, 0.05) is 16.6 Å². The summed E-state index contributed by atoms with van der Waals surface area (Å²) in [6.07, 6.45) is 2.91. The number of anilines is 1. The van der Waals surface area contributed by atoms with Crippen LogP contribution in [0.25, 0.3) is 6.08 Å². The maximum atomic E-state index is 13.7. The van der Waals surface area contributed by atoms with Gasteiger partial charge in [0.2, 0.25) is 5.91 Å². The van der Waals surface area contributed by atoms with Crippen LogP contribution in [0.2, 0.25) is 0 Å². The molecule has 0 aliphatic rings. The third-order valence-corrected chi connectivity index (χ3v) is 3.48. The molecule has 1 amide bonds. The van der Waals surface area contributed by atoms with Crippen molar-refractivity contribution in [3.05, 3.63) is 58.3 Å². The first-order chi connectivity index (χ1) is 11.0. The maximum Gasteiger partial charge on any atom is 0.248 e. The van der Waals surface area contributed by atoms with Crippen molar-refractivity contribution in [3.8, 4) is 11.5 Å². The molecule has 23 heavy (non-hydrogen) atoms. The van der Waals surface area contributed by atoms with Crippen molar-refractivity contribution in [2.45, 2.75) is 0 Å². The summed E-state index contributed by atoms with van der Waals surface area (Å²) in [7, 11) is 3.09. The SMILES string of the molecule is COc1cc(/C=C/C(=O)Nc2ccc(Br)cc2F)cc(OC)c1. The highest BCUT2D eigenvalue weighted by atomic mass is 79.9. The molecule has 4 nitrogen and oxygen atoms in total. The zero-order chi connectivity index (χ0) is 16.8. The van der Waals surface area contributed by atoms with E-state index in [1.807, 2.05) is 0 Å². The lowest BCUT2D eigenvalue weighted by Gasteiger charge is -2.06. The molecular weight excluding hydrogens is 365 g/mol. The van der Waals surface area contributed by atoms with Gasteiger partial charge in [0.25, 0.3) is 0 Å². The van der Waals surface area contributed by atoms with Crippen molar-refractivity contribution < 1.29 is 18.7 Å². The Hall–Kier alpha value is -2.34. The Labute approximate surface area is 142 Å². The molecule has 2 aromatic rings. The van der Waals surface area contributed by atoms with Gasteiger partial charge in [-0.25, -0.2) is 4.39 Å². The van der Waals surface area contributed by atoms with Gasteiger partial charge in [0.15, 0.2) is 0 Å². The molecule has 2 rings (SSSR count). The topological polar surface area (TPSA) is 47.6 Å². The highest BCUT2D eigenvalue weighted by Crippen LogP contribution is 2.23. The van der Waals surface area contributed by atoms with Gasteiger partial charge in [-0.15, -0.1) is 0 Å². The number of hydrogen-bond acceptors (Lipinski definition) is 3. The molecule has 0 saturated carbocycles. The molecular formula is C17H15BrFNO3. The van der Waals surface area contributed by atoms with Crippen LogP contribution in [0.3, 0.4) is 0 Å². The van der Waals surface area contributed by atoms with Crippen LogP contribution in [0.4, 0.5) is 10.1 Å². The molecule has 0 saturated heterocycles. The first-order valence-corrected chi connectivity index (χ1v) is 7.48. The third-order valence-electron chi connectivity index (χ3n) is 2.99. The van der Waals surface area contributed by atoms with E-state index < -0.39 is 11.7 Å². The summed E-state index contributed by atoms with van der Waals surface area (Å²) >= 11 is 3.16. The number of nitrogens with one attached hydrogen (secondary N) is 1. The molecule has 0 aliphatic heterocycles. The molecule has 0 aliphatic carbocycles. The van der Waals surface area contributed by atoms with E-state index >= 15 is 0 Å². The Morgan fingerprint density at radius 3 is 2.35 bits per heavy atom. The number of carbonyl (C=O) groups excluding carboxylic acids is 1. The molecule has 0 bridgehead atoms. The zero-order valence-corrected chi connectivity index (χ0v) is 14.2. The van der Waals surface area contributed by atoms with Crippen molar-refractivity contribution in [2.24, 2.45) is 0 Å². The fraction of sp³-hybridized carbons (Fsp3) is 0.118. The number of ether oxygens (including phenoxy) is 2. The van der Waals surface area contributed by atoms with Crippen LogP contribution < -0.4 is 14.8 Å². The van der Waals surface area contributed by atoms with E-state index in [9.17, 15) is 9.18 Å². The predicted octanol–water partition coefficient (Wildman–Crippen LogP) is 4.26. The number of methoxy groups -OCH3 is 2. The Morgan fingerprint density at radius 1 is 1.13 bits per heavy atom. The van der Waals surface area contributed by atoms with Gasteiger partial charge in [-0.05, 0) is 42.0 Å². The second-order valence-corrected chi connectivity index (χ2v) is 5.51. The van der Waals surface area contributed by atoms with Gasteiger partial charge in [-0.2, -0.15) is 0 Å². The summed E-state index contributed by atoms with van der Waals surface area (Å²) in [6.45, 7) is 0. The highest BCUT2D eigenvalue weighted by Gasteiger charge is 2.05. The van der Waals surface area contributed by atoms with Gasteiger partial charge >= 0.3 is 0 Å². The van der Waals surface area contributed by atoms with Gasteiger partial charge in [0.1, 0.15) is 17.3 Å². The van der Waals surface area contributed by atoms with Gasteiger partial charge in [-0.3, -0.25) is 4.79 Å². The van der Waals surface area contributed by atoms with E-state index in [0.29, 0.717) is 16.0 Å². The van der Waals surface area contributed by atoms with Gasteiger partial charge in [-0.1, -0.05) is 15.9 Å². The number of benzene rings is 2. The summed E-state index contributed by atoms with van der Waals surface area (Å²) in [4.78, 5) is 11.9. The fourth-order valence-electron chi connectivity index (χ4n) is 1.86. The van der Waals surface area contributed by atoms with Crippen molar-refractivity contribution in [1.29, 1.82) is 0 Å². The molecule has 1 N–H and O–H groups in total. The Kier molecular flexibility index (Phi) is 5.76. The number of rotatable bonds is 5. The minimum atomic E-state index is -0.510. The van der Waals surface area contributed by atoms with E-state index in [1.165, 1.54) is 18.2 Å². The van der Waals surface area contributed by atoms with Crippen LogP contribution >= 0.6 is 15.9 Å². The normalized spacial score (nSPS) is 10.6. The van der Waals surface area contributed by atoms with Crippen molar-refractivity contribution in [2.75, 3.05) is 19.5 Å². The van der Waals surface area contributed by atoms with Crippen LogP contribution in [-0.2, 0) is 4.79 Å². The Morgan fingerprint density at radius 2 is 1.78 bits per heavy atom. The maximum absolute atomic E-state index is 13.7. The van der Waals surface area contributed by atoms with Gasteiger partial charge in [0.05, 0.1) is 19.9 Å². The zero-order valence-electron chi connectivity index (χ0n) is 12.6. The van der Waals surface area contributed by atoms with Gasteiger partial charge < -0.3 is 14.8 Å². The lowest BCUT2D eigenvalue weighted by Crippen LogP contribution is -2.09. The number of carbonyl (C=O) groups is 1. The predicted molar refractivity (Wildman–Crippen MR) is 91.3 cm³/mol. The molecule has 2 aromatic carbocycles. The molecule has 0 atom stereocenters. The Balaban J connectivity index is 2.11. The highest BCUT2D eigenvalue weighted by molar-refractivity contribution is 9.10. The van der Waals surface area contributed by atoms with E-state index in [1.54, 1.807) is 44.6 Å². The summed E-state index contributed by atoms with van der Waals surface area (Å²) in [5, 5.41) is 2.48. The molecule has 120 valence electrons. The van der Waals surface area contributed by atoms with Crippen LogP contribution in [0.1, 0.15) is 5.56 Å². The van der Waals surface area contributed by atoms with Crippen LogP contribution in [0.15, 0.2) is 46.9 Å². The summed E-state index contributed by atoms with van der Waals surface area (Å²) in [5.74, 6) is 0.281. The summed E-state index contributed by atoms with van der Waals surface area (Å²) in [5.41, 5.74) is 0.846. The minimum absolute atomic E-state index is 0.117. The van der Waals surface area contributed by atoms with Crippen molar-refractivity contribution in [1.82, 2.24) is 0 Å². The number of amides is 1. The first-order valence-electron chi connectivity index (χ1n) is 6.69. The molecule has 0 radical (unpaired) electrons. The minimum Gasteiger partial charge on any atom is -0.497 e. The van der Waals surface area contributed by atoms with Crippen molar-refractivity contribution >= 4 is 33.6 Å². The standard InChI is InChI=1S/C17H15BrFNO3/c1-22-13-7-11(8-14(10-13)23-2)3-6-17(21)20-16-5-4-12(18)9-15(16)19/h3-10H,1-2H3,(H,20,21)/b6-3+. The average molecular weight is 380 g/mol. The number of hydrogen-bond donors (Lipinski definition) is 1. The smallest absolute Gasteiger partial charge is 0.248 e. The second-order valence-electron chi connectivity index (χ2n) is 4.59. The molecule has 0 heterocycles. The number of halogens is 2. The van der Waals surface area contributed by atoms with E-state index in [2.05, 4.69) is 21.2 Å². The van der Waals surface area contributed by atoms with Crippen molar-refractivity contribution in [3.63, 3.8) is 0 Å². The molecule has 0 fully saturated rings.